The Morgan fingerprint density at radius 1 is 1.33 bits per heavy atom. The van der Waals surface area contributed by atoms with Gasteiger partial charge in [-0.05, 0) is 25.2 Å². The van der Waals surface area contributed by atoms with E-state index in [-0.39, 0.29) is 0 Å². The van der Waals surface area contributed by atoms with E-state index >= 15 is 0 Å². The summed E-state index contributed by atoms with van der Waals surface area (Å²) in [7, 11) is 3.67. The summed E-state index contributed by atoms with van der Waals surface area (Å²) < 4.78 is 7.55. The van der Waals surface area contributed by atoms with Gasteiger partial charge in [0.2, 0.25) is 0 Å². The average Bonchev–Trinajstić information content (AvgIpc) is 2.69. The fourth-order valence-corrected chi connectivity index (χ4v) is 1.80. The van der Waals surface area contributed by atoms with Gasteiger partial charge in [0.1, 0.15) is 5.75 Å². The van der Waals surface area contributed by atoms with Crippen LogP contribution in [0.15, 0.2) is 30.5 Å². The van der Waals surface area contributed by atoms with Gasteiger partial charge >= 0.3 is 0 Å². The number of nitrogens with zero attached hydrogens (tertiary/aromatic N) is 1. The van der Waals surface area contributed by atoms with Crippen LogP contribution >= 0.6 is 0 Å². The molecule has 0 spiro atoms. The molecule has 0 fully saturated rings. The highest BCUT2D eigenvalue weighted by Crippen LogP contribution is 2.25. The van der Waals surface area contributed by atoms with Crippen molar-refractivity contribution in [2.75, 3.05) is 20.7 Å². The minimum Gasteiger partial charge on any atom is -0.496 e. The maximum atomic E-state index is 5.32. The van der Waals surface area contributed by atoms with Gasteiger partial charge in [-0.3, -0.25) is 0 Å². The van der Waals surface area contributed by atoms with Crippen molar-refractivity contribution in [2.24, 2.45) is 0 Å². The smallest absolute Gasteiger partial charge is 0.128 e. The highest BCUT2D eigenvalue weighted by Gasteiger charge is 2.04. The van der Waals surface area contributed by atoms with E-state index < -0.39 is 0 Å². The molecule has 1 aromatic heterocycles. The van der Waals surface area contributed by atoms with E-state index in [1.54, 1.807) is 7.11 Å². The zero-order chi connectivity index (χ0) is 10.7. The standard InChI is InChI=1S/C12H16N2O/c1-13-7-9-14-8-6-10-11(14)4-3-5-12(10)15-2/h3-6,8,13H,7,9H2,1-2H3. The molecule has 0 aliphatic carbocycles. The van der Waals surface area contributed by atoms with Gasteiger partial charge in [-0.2, -0.15) is 0 Å². The van der Waals surface area contributed by atoms with Crippen molar-refractivity contribution in [1.82, 2.24) is 9.88 Å². The third-order valence-corrected chi connectivity index (χ3v) is 2.60. The zero-order valence-corrected chi connectivity index (χ0v) is 9.16. The molecule has 0 aliphatic rings. The molecular formula is C12H16N2O. The Morgan fingerprint density at radius 2 is 2.20 bits per heavy atom. The van der Waals surface area contributed by atoms with E-state index in [2.05, 4.69) is 28.2 Å². The predicted octanol–water partition coefficient (Wildman–Crippen LogP) is 1.87. The number of ether oxygens (including phenoxy) is 1. The molecule has 0 atom stereocenters. The number of hydrogen-bond acceptors (Lipinski definition) is 2. The minimum atomic E-state index is 0.940. The van der Waals surface area contributed by atoms with Gasteiger partial charge in [0, 0.05) is 24.7 Å². The molecule has 3 heteroatoms. The van der Waals surface area contributed by atoms with Crippen LogP contribution in [-0.4, -0.2) is 25.3 Å². The summed E-state index contributed by atoms with van der Waals surface area (Å²) in [6, 6.07) is 8.24. The number of likely N-dealkylation sites (N-methyl/N-ethyl adjacent to an activating group) is 1. The lowest BCUT2D eigenvalue weighted by Gasteiger charge is -2.06. The van der Waals surface area contributed by atoms with Gasteiger partial charge in [-0.15, -0.1) is 0 Å². The highest BCUT2D eigenvalue weighted by atomic mass is 16.5. The molecule has 15 heavy (non-hydrogen) atoms. The molecule has 80 valence electrons. The molecule has 2 rings (SSSR count). The number of benzene rings is 1. The monoisotopic (exact) mass is 204 g/mol. The van der Waals surface area contributed by atoms with Gasteiger partial charge < -0.3 is 14.6 Å². The highest BCUT2D eigenvalue weighted by molar-refractivity contribution is 5.86. The number of rotatable bonds is 4. The largest absolute Gasteiger partial charge is 0.496 e. The van der Waals surface area contributed by atoms with E-state index in [0.717, 1.165) is 18.8 Å². The van der Waals surface area contributed by atoms with Crippen LogP contribution in [0.4, 0.5) is 0 Å². The molecule has 0 unspecified atom stereocenters. The molecule has 0 radical (unpaired) electrons. The maximum absolute atomic E-state index is 5.32. The van der Waals surface area contributed by atoms with Gasteiger partial charge in [-0.1, -0.05) is 6.07 Å². The Bertz CT molecular complexity index is 448. The summed E-state index contributed by atoms with van der Waals surface area (Å²) in [5, 5.41) is 4.32. The number of fused-ring (bicyclic) bond motifs is 1. The van der Waals surface area contributed by atoms with Gasteiger partial charge in [0.05, 0.1) is 12.6 Å². The molecule has 1 heterocycles. The van der Waals surface area contributed by atoms with Gasteiger partial charge in [-0.25, -0.2) is 0 Å². The maximum Gasteiger partial charge on any atom is 0.128 e. The second kappa shape index (κ2) is 4.36. The molecule has 2 aromatic rings. The SMILES string of the molecule is CNCCn1ccc2c(OC)cccc21. The third kappa shape index (κ3) is 1.83. The fourth-order valence-electron chi connectivity index (χ4n) is 1.80. The van der Waals surface area contributed by atoms with Crippen LogP contribution in [0.25, 0.3) is 10.9 Å². The van der Waals surface area contributed by atoms with E-state index in [1.807, 2.05) is 19.2 Å². The summed E-state index contributed by atoms with van der Waals surface area (Å²) in [6.45, 7) is 1.95. The molecule has 3 nitrogen and oxygen atoms in total. The molecule has 0 amide bonds. The zero-order valence-electron chi connectivity index (χ0n) is 9.16. The Kier molecular flexibility index (Phi) is 2.92. The quantitative estimate of drug-likeness (QED) is 0.822. The summed E-state index contributed by atoms with van der Waals surface area (Å²) in [6.07, 6.45) is 2.10. The summed E-state index contributed by atoms with van der Waals surface area (Å²) in [5.41, 5.74) is 1.23. The number of methoxy groups -OCH3 is 1. The summed E-state index contributed by atoms with van der Waals surface area (Å²) in [4.78, 5) is 0. The van der Waals surface area contributed by atoms with Crippen LogP contribution in [0.3, 0.4) is 0 Å². The van der Waals surface area contributed by atoms with Crippen LogP contribution in [0.2, 0.25) is 0 Å². The number of hydrogen-bond donors (Lipinski definition) is 1. The average molecular weight is 204 g/mol. The first-order valence-electron chi connectivity index (χ1n) is 5.13. The molecule has 1 N–H and O–H groups in total. The lowest BCUT2D eigenvalue weighted by molar-refractivity contribution is 0.420. The van der Waals surface area contributed by atoms with Crippen LogP contribution in [0, 0.1) is 0 Å². The van der Waals surface area contributed by atoms with Crippen LogP contribution < -0.4 is 10.1 Å². The van der Waals surface area contributed by atoms with Crippen molar-refractivity contribution in [3.05, 3.63) is 30.5 Å². The lowest BCUT2D eigenvalue weighted by Crippen LogP contribution is -2.14. The normalized spacial score (nSPS) is 10.8. The van der Waals surface area contributed by atoms with Gasteiger partial charge in [0.15, 0.2) is 0 Å². The lowest BCUT2D eigenvalue weighted by atomic mass is 10.2. The van der Waals surface area contributed by atoms with Crippen molar-refractivity contribution in [2.45, 2.75) is 6.54 Å². The first-order valence-corrected chi connectivity index (χ1v) is 5.13. The van der Waals surface area contributed by atoms with Crippen molar-refractivity contribution in [3.8, 4) is 5.75 Å². The Labute approximate surface area is 89.7 Å². The molecular weight excluding hydrogens is 188 g/mol. The molecule has 0 aliphatic heterocycles. The first kappa shape index (κ1) is 10.1. The van der Waals surface area contributed by atoms with Crippen LogP contribution in [0.1, 0.15) is 0 Å². The van der Waals surface area contributed by atoms with Crippen molar-refractivity contribution < 1.29 is 4.74 Å². The summed E-state index contributed by atoms with van der Waals surface area (Å²) in [5.74, 6) is 0.940. The van der Waals surface area contributed by atoms with Crippen molar-refractivity contribution in [1.29, 1.82) is 0 Å². The second-order valence-electron chi connectivity index (χ2n) is 3.51. The third-order valence-electron chi connectivity index (χ3n) is 2.60. The topological polar surface area (TPSA) is 26.2 Å². The second-order valence-corrected chi connectivity index (χ2v) is 3.51. The minimum absolute atomic E-state index is 0.940. The van der Waals surface area contributed by atoms with E-state index in [9.17, 15) is 0 Å². The summed E-state index contributed by atoms with van der Waals surface area (Å²) >= 11 is 0. The van der Waals surface area contributed by atoms with Gasteiger partial charge in [0.25, 0.3) is 0 Å². The van der Waals surface area contributed by atoms with Crippen molar-refractivity contribution >= 4 is 10.9 Å². The van der Waals surface area contributed by atoms with E-state index in [4.69, 9.17) is 4.74 Å². The van der Waals surface area contributed by atoms with E-state index in [0.29, 0.717) is 0 Å². The Morgan fingerprint density at radius 3 is 2.93 bits per heavy atom. The number of aromatic nitrogens is 1. The number of nitrogens with one attached hydrogen (secondary N) is 1. The Balaban J connectivity index is 2.42. The fraction of sp³-hybridized carbons (Fsp3) is 0.333. The van der Waals surface area contributed by atoms with Crippen molar-refractivity contribution in [3.63, 3.8) is 0 Å². The predicted molar refractivity (Wildman–Crippen MR) is 62.4 cm³/mol. The Hall–Kier alpha value is -1.48. The first-order chi connectivity index (χ1) is 7.36. The van der Waals surface area contributed by atoms with E-state index in [1.165, 1.54) is 10.9 Å². The molecule has 1 aromatic carbocycles. The molecule has 0 saturated heterocycles. The molecule has 0 saturated carbocycles. The van der Waals surface area contributed by atoms with Crippen LogP contribution in [0.5, 0.6) is 5.75 Å². The van der Waals surface area contributed by atoms with Crippen LogP contribution in [-0.2, 0) is 6.54 Å². The molecule has 0 bridgehead atoms.